The second-order valence-electron chi connectivity index (χ2n) is 4.63. The molecular formula is C16H16O3. The number of fused-ring (bicyclic) bond motifs is 1. The van der Waals surface area contributed by atoms with Crippen molar-refractivity contribution in [3.8, 4) is 17.2 Å². The zero-order valence-electron chi connectivity index (χ0n) is 10.6. The smallest absolute Gasteiger partial charge is 0.122 e. The minimum Gasteiger partial charge on any atom is -0.508 e. The molecule has 0 amide bonds. The van der Waals surface area contributed by atoms with E-state index in [1.54, 1.807) is 24.3 Å². The van der Waals surface area contributed by atoms with Crippen molar-refractivity contribution in [2.45, 2.75) is 12.8 Å². The van der Waals surface area contributed by atoms with Crippen molar-refractivity contribution in [1.82, 2.24) is 0 Å². The van der Waals surface area contributed by atoms with E-state index in [0.29, 0.717) is 6.61 Å². The van der Waals surface area contributed by atoms with Gasteiger partial charge in [-0.3, -0.25) is 0 Å². The normalized spacial score (nSPS) is 12.8. The molecule has 0 atom stereocenters. The maximum atomic E-state index is 9.18. The van der Waals surface area contributed by atoms with Crippen LogP contribution in [0, 0.1) is 0 Å². The Morgan fingerprint density at radius 1 is 1.11 bits per heavy atom. The fraction of sp³-hybridized carbons (Fsp3) is 0.250. The monoisotopic (exact) mass is 256 g/mol. The number of rotatable bonds is 4. The van der Waals surface area contributed by atoms with E-state index < -0.39 is 0 Å². The Morgan fingerprint density at radius 3 is 2.79 bits per heavy atom. The van der Waals surface area contributed by atoms with Crippen molar-refractivity contribution < 1.29 is 14.6 Å². The highest BCUT2D eigenvalue weighted by molar-refractivity contribution is 5.40. The third-order valence-corrected chi connectivity index (χ3v) is 3.25. The molecule has 3 heteroatoms. The molecule has 98 valence electrons. The Kier molecular flexibility index (Phi) is 3.27. The summed E-state index contributed by atoms with van der Waals surface area (Å²) < 4.78 is 11.1. The molecule has 0 unspecified atom stereocenters. The van der Waals surface area contributed by atoms with Gasteiger partial charge in [-0.25, -0.2) is 0 Å². The molecule has 2 aromatic carbocycles. The van der Waals surface area contributed by atoms with Crippen LogP contribution in [0.25, 0.3) is 0 Å². The quantitative estimate of drug-likeness (QED) is 0.914. The van der Waals surface area contributed by atoms with Crippen LogP contribution >= 0.6 is 0 Å². The molecule has 19 heavy (non-hydrogen) atoms. The summed E-state index contributed by atoms with van der Waals surface area (Å²) in [4.78, 5) is 0. The van der Waals surface area contributed by atoms with Gasteiger partial charge in [-0.05, 0) is 41.5 Å². The van der Waals surface area contributed by atoms with Crippen molar-refractivity contribution >= 4 is 0 Å². The first-order valence-electron chi connectivity index (χ1n) is 6.48. The molecule has 0 aromatic heterocycles. The summed E-state index contributed by atoms with van der Waals surface area (Å²) in [6.07, 6.45) is 1.87. The minimum absolute atomic E-state index is 0.256. The van der Waals surface area contributed by atoms with Crippen LogP contribution in [-0.4, -0.2) is 18.3 Å². The molecule has 0 fully saturated rings. The molecule has 2 aromatic rings. The second-order valence-corrected chi connectivity index (χ2v) is 4.63. The van der Waals surface area contributed by atoms with Gasteiger partial charge in [0.25, 0.3) is 0 Å². The van der Waals surface area contributed by atoms with Gasteiger partial charge in [0.05, 0.1) is 13.2 Å². The van der Waals surface area contributed by atoms with Gasteiger partial charge in [0.2, 0.25) is 0 Å². The number of ether oxygens (including phenoxy) is 2. The van der Waals surface area contributed by atoms with Gasteiger partial charge in [0.1, 0.15) is 17.2 Å². The van der Waals surface area contributed by atoms with Crippen molar-refractivity contribution in [2.24, 2.45) is 0 Å². The van der Waals surface area contributed by atoms with Gasteiger partial charge >= 0.3 is 0 Å². The summed E-state index contributed by atoms with van der Waals surface area (Å²) in [5, 5.41) is 9.18. The van der Waals surface area contributed by atoms with Gasteiger partial charge in [0.15, 0.2) is 0 Å². The molecule has 0 radical (unpaired) electrons. The molecule has 0 saturated carbocycles. The highest BCUT2D eigenvalue weighted by Crippen LogP contribution is 2.26. The van der Waals surface area contributed by atoms with Crippen LogP contribution < -0.4 is 9.47 Å². The first kappa shape index (κ1) is 11.9. The number of hydrogen-bond acceptors (Lipinski definition) is 3. The standard InChI is InChI=1S/C16H16O3/c17-14-2-4-15(5-3-14)18-9-7-12-1-6-16-13(11-12)8-10-19-16/h1-6,11,17H,7-10H2. The van der Waals surface area contributed by atoms with Crippen LogP contribution in [0.1, 0.15) is 11.1 Å². The van der Waals surface area contributed by atoms with Crippen LogP contribution in [0.5, 0.6) is 17.2 Å². The van der Waals surface area contributed by atoms with E-state index in [0.717, 1.165) is 30.9 Å². The van der Waals surface area contributed by atoms with Crippen molar-refractivity contribution in [3.63, 3.8) is 0 Å². The molecule has 0 saturated heterocycles. The predicted octanol–water partition coefficient (Wildman–Crippen LogP) is 2.95. The number of hydrogen-bond donors (Lipinski definition) is 1. The lowest BCUT2D eigenvalue weighted by Crippen LogP contribution is -2.01. The van der Waals surface area contributed by atoms with Crippen LogP contribution in [-0.2, 0) is 12.8 Å². The lowest BCUT2D eigenvalue weighted by Gasteiger charge is -2.07. The van der Waals surface area contributed by atoms with Crippen LogP contribution in [0.3, 0.4) is 0 Å². The lowest BCUT2D eigenvalue weighted by molar-refractivity contribution is 0.321. The summed E-state index contributed by atoms with van der Waals surface area (Å²) in [5.41, 5.74) is 2.56. The number of benzene rings is 2. The van der Waals surface area contributed by atoms with Crippen molar-refractivity contribution in [1.29, 1.82) is 0 Å². The summed E-state index contributed by atoms with van der Waals surface area (Å²) >= 11 is 0. The highest BCUT2D eigenvalue weighted by Gasteiger charge is 2.11. The maximum absolute atomic E-state index is 9.18. The zero-order chi connectivity index (χ0) is 13.1. The topological polar surface area (TPSA) is 38.7 Å². The van der Waals surface area contributed by atoms with E-state index in [1.807, 2.05) is 6.07 Å². The molecular weight excluding hydrogens is 240 g/mol. The average Bonchev–Trinajstić information content (AvgIpc) is 2.88. The summed E-state index contributed by atoms with van der Waals surface area (Å²) in [6, 6.07) is 13.1. The molecule has 0 aliphatic carbocycles. The number of phenolic OH excluding ortho intramolecular Hbond substituents is 1. The minimum atomic E-state index is 0.256. The molecule has 0 spiro atoms. The fourth-order valence-electron chi connectivity index (χ4n) is 2.22. The molecule has 1 aliphatic heterocycles. The van der Waals surface area contributed by atoms with Gasteiger partial charge < -0.3 is 14.6 Å². The van der Waals surface area contributed by atoms with E-state index in [-0.39, 0.29) is 5.75 Å². The Balaban J connectivity index is 1.56. The number of aromatic hydroxyl groups is 1. The van der Waals surface area contributed by atoms with Gasteiger partial charge in [-0.2, -0.15) is 0 Å². The largest absolute Gasteiger partial charge is 0.508 e. The third kappa shape index (κ3) is 2.81. The van der Waals surface area contributed by atoms with Crippen LogP contribution in [0.4, 0.5) is 0 Å². The van der Waals surface area contributed by atoms with E-state index >= 15 is 0 Å². The van der Waals surface area contributed by atoms with Crippen molar-refractivity contribution in [3.05, 3.63) is 53.6 Å². The Bertz CT molecular complexity index is 561. The lowest BCUT2D eigenvalue weighted by atomic mass is 10.1. The highest BCUT2D eigenvalue weighted by atomic mass is 16.5. The van der Waals surface area contributed by atoms with Gasteiger partial charge in [-0.1, -0.05) is 12.1 Å². The maximum Gasteiger partial charge on any atom is 0.122 e. The van der Waals surface area contributed by atoms with Crippen LogP contribution in [0.15, 0.2) is 42.5 Å². The average molecular weight is 256 g/mol. The molecule has 0 bridgehead atoms. The van der Waals surface area contributed by atoms with E-state index in [9.17, 15) is 5.11 Å². The summed E-state index contributed by atoms with van der Waals surface area (Å²) in [5.74, 6) is 2.05. The molecule has 3 nitrogen and oxygen atoms in total. The molecule has 1 aliphatic rings. The second kappa shape index (κ2) is 5.22. The van der Waals surface area contributed by atoms with E-state index in [1.165, 1.54) is 11.1 Å². The van der Waals surface area contributed by atoms with Gasteiger partial charge in [0, 0.05) is 12.8 Å². The SMILES string of the molecule is Oc1ccc(OCCc2ccc3c(c2)CCO3)cc1. The Hall–Kier alpha value is -2.16. The first-order chi connectivity index (χ1) is 9.31. The van der Waals surface area contributed by atoms with Crippen molar-refractivity contribution in [2.75, 3.05) is 13.2 Å². The Labute approximate surface area is 112 Å². The molecule has 3 rings (SSSR count). The molecule has 1 heterocycles. The fourth-order valence-corrected chi connectivity index (χ4v) is 2.22. The first-order valence-corrected chi connectivity index (χ1v) is 6.48. The van der Waals surface area contributed by atoms with E-state index in [2.05, 4.69) is 12.1 Å². The predicted molar refractivity (Wildman–Crippen MR) is 72.9 cm³/mol. The summed E-state index contributed by atoms with van der Waals surface area (Å²) in [6.45, 7) is 1.42. The number of phenols is 1. The van der Waals surface area contributed by atoms with E-state index in [4.69, 9.17) is 9.47 Å². The molecule has 1 N–H and O–H groups in total. The van der Waals surface area contributed by atoms with Gasteiger partial charge in [-0.15, -0.1) is 0 Å². The summed E-state index contributed by atoms with van der Waals surface area (Å²) in [7, 11) is 0. The Morgan fingerprint density at radius 2 is 1.95 bits per heavy atom. The third-order valence-electron chi connectivity index (χ3n) is 3.25. The zero-order valence-corrected chi connectivity index (χ0v) is 10.6. The van der Waals surface area contributed by atoms with Crippen LogP contribution in [0.2, 0.25) is 0 Å².